The molecule has 0 aromatic heterocycles. The third-order valence-corrected chi connectivity index (χ3v) is 3.66. The number of rotatable bonds is 7. The van der Waals surface area contributed by atoms with Crippen molar-refractivity contribution in [2.24, 2.45) is 5.92 Å². The van der Waals surface area contributed by atoms with Gasteiger partial charge in [0.25, 0.3) is 5.91 Å². The van der Waals surface area contributed by atoms with E-state index >= 15 is 0 Å². The third kappa shape index (κ3) is 4.83. The number of nitrogens with one attached hydrogen (secondary N) is 1. The maximum atomic E-state index is 12.1. The molecule has 0 heterocycles. The molecule has 0 saturated carbocycles. The minimum atomic E-state index is -0.574. The summed E-state index contributed by atoms with van der Waals surface area (Å²) >= 11 is 0. The highest BCUT2D eigenvalue weighted by molar-refractivity contribution is 5.86. The lowest BCUT2D eigenvalue weighted by Crippen LogP contribution is -2.27. The van der Waals surface area contributed by atoms with Crippen LogP contribution in [0.4, 0.5) is 0 Å². The van der Waals surface area contributed by atoms with Crippen LogP contribution >= 0.6 is 0 Å². The first-order valence-corrected chi connectivity index (χ1v) is 7.83. The van der Waals surface area contributed by atoms with Crippen LogP contribution in [0.25, 0.3) is 0 Å². The van der Waals surface area contributed by atoms with E-state index in [2.05, 4.69) is 13.8 Å². The van der Waals surface area contributed by atoms with Gasteiger partial charge in [-0.1, -0.05) is 56.3 Å². The Morgan fingerprint density at radius 3 is 2.43 bits per heavy atom. The molecule has 4 nitrogen and oxygen atoms in total. The van der Waals surface area contributed by atoms with Gasteiger partial charge in [0.15, 0.2) is 0 Å². The third-order valence-electron chi connectivity index (χ3n) is 3.66. The molecular weight excluding hydrogens is 290 g/mol. The average molecular weight is 313 g/mol. The Balaban J connectivity index is 2.24. The molecule has 2 aromatic carbocycles. The molecule has 1 atom stereocenters. The summed E-state index contributed by atoms with van der Waals surface area (Å²) in [4.78, 5) is 12.1. The zero-order chi connectivity index (χ0) is 16.7. The summed E-state index contributed by atoms with van der Waals surface area (Å²) in [6.07, 6.45) is 0.976. The largest absolute Gasteiger partial charge is 0.494 e. The van der Waals surface area contributed by atoms with E-state index in [4.69, 9.17) is 9.94 Å². The molecule has 0 aliphatic carbocycles. The lowest BCUT2D eigenvalue weighted by molar-refractivity contribution is -0.129. The van der Waals surface area contributed by atoms with Crippen LogP contribution in [0.15, 0.2) is 54.6 Å². The van der Waals surface area contributed by atoms with Crippen molar-refractivity contribution < 1.29 is 14.7 Å². The van der Waals surface area contributed by atoms with Gasteiger partial charge >= 0.3 is 0 Å². The lowest BCUT2D eigenvalue weighted by Gasteiger charge is -2.17. The summed E-state index contributed by atoms with van der Waals surface area (Å²) < 4.78 is 5.76. The number of amides is 1. The highest BCUT2D eigenvalue weighted by Crippen LogP contribution is 2.27. The van der Waals surface area contributed by atoms with Gasteiger partial charge in [0.2, 0.25) is 0 Å². The molecule has 0 fully saturated rings. The summed E-state index contributed by atoms with van der Waals surface area (Å²) in [6.45, 7) is 4.94. The van der Waals surface area contributed by atoms with Crippen molar-refractivity contribution in [1.29, 1.82) is 0 Å². The minimum Gasteiger partial charge on any atom is -0.494 e. The van der Waals surface area contributed by atoms with Crippen molar-refractivity contribution in [3.63, 3.8) is 0 Å². The predicted molar refractivity (Wildman–Crippen MR) is 89.6 cm³/mol. The fraction of sp³-hybridized carbons (Fsp3) is 0.316. The van der Waals surface area contributed by atoms with Gasteiger partial charge in [-0.15, -0.1) is 0 Å². The molecule has 23 heavy (non-hydrogen) atoms. The fourth-order valence-electron chi connectivity index (χ4n) is 2.40. The molecule has 1 amide bonds. The topological polar surface area (TPSA) is 58.6 Å². The molecular formula is C19H23NO3. The molecule has 122 valence electrons. The van der Waals surface area contributed by atoms with Crippen molar-refractivity contribution in [3.8, 4) is 5.75 Å². The quantitative estimate of drug-likeness (QED) is 0.604. The molecule has 0 aliphatic heterocycles. The number of benzene rings is 2. The van der Waals surface area contributed by atoms with Crippen molar-refractivity contribution >= 4 is 5.91 Å². The Morgan fingerprint density at radius 1 is 1.09 bits per heavy atom. The summed E-state index contributed by atoms with van der Waals surface area (Å²) in [5.74, 6) is 0.274. The average Bonchev–Trinajstić information content (AvgIpc) is 2.56. The molecule has 0 radical (unpaired) electrons. The Morgan fingerprint density at radius 2 is 1.78 bits per heavy atom. The second-order valence-electron chi connectivity index (χ2n) is 5.92. The number of hydrogen-bond acceptors (Lipinski definition) is 3. The number of hydrogen-bond donors (Lipinski definition) is 2. The summed E-state index contributed by atoms with van der Waals surface area (Å²) in [6, 6.07) is 16.8. The summed E-state index contributed by atoms with van der Waals surface area (Å²) in [7, 11) is 0. The second-order valence-corrected chi connectivity index (χ2v) is 5.92. The van der Waals surface area contributed by atoms with Crippen molar-refractivity contribution in [1.82, 2.24) is 5.48 Å². The molecule has 2 rings (SSSR count). The molecule has 1 unspecified atom stereocenters. The fourth-order valence-corrected chi connectivity index (χ4v) is 2.40. The maximum absolute atomic E-state index is 12.1. The smallest absolute Gasteiger partial charge is 0.255 e. The summed E-state index contributed by atoms with van der Waals surface area (Å²) in [5.41, 5.74) is 3.36. The van der Waals surface area contributed by atoms with Gasteiger partial charge in [0, 0.05) is 0 Å². The molecule has 0 saturated heterocycles. The van der Waals surface area contributed by atoms with Crippen molar-refractivity contribution in [2.45, 2.75) is 26.2 Å². The van der Waals surface area contributed by atoms with E-state index in [0.717, 1.165) is 23.3 Å². The standard InChI is InChI=1S/C19H23NO3/c1-14(2)11-12-23-17-10-6-9-16(13-17)18(19(21)20-22)15-7-4-3-5-8-15/h3-10,13-14,18,22H,11-12H2,1-2H3,(H,20,21). The Bertz CT molecular complexity index is 626. The van der Waals surface area contributed by atoms with Crippen LogP contribution in [0.5, 0.6) is 5.75 Å². The monoisotopic (exact) mass is 313 g/mol. The van der Waals surface area contributed by atoms with Gasteiger partial charge in [-0.25, -0.2) is 5.48 Å². The predicted octanol–water partition coefficient (Wildman–Crippen LogP) is 3.75. The van der Waals surface area contributed by atoms with E-state index in [9.17, 15) is 4.79 Å². The van der Waals surface area contributed by atoms with Gasteiger partial charge in [-0.3, -0.25) is 10.0 Å². The number of ether oxygens (including phenoxy) is 1. The zero-order valence-corrected chi connectivity index (χ0v) is 13.5. The van der Waals surface area contributed by atoms with Crippen molar-refractivity contribution in [3.05, 3.63) is 65.7 Å². The zero-order valence-electron chi connectivity index (χ0n) is 13.5. The van der Waals surface area contributed by atoms with Gasteiger partial charge in [0.05, 0.1) is 12.5 Å². The van der Waals surface area contributed by atoms with E-state index in [0.29, 0.717) is 12.5 Å². The van der Waals surface area contributed by atoms with Gasteiger partial charge in [-0.2, -0.15) is 0 Å². The van der Waals surface area contributed by atoms with Gasteiger partial charge < -0.3 is 4.74 Å². The van der Waals surface area contributed by atoms with Crippen LogP contribution in [0.1, 0.15) is 37.3 Å². The Labute approximate surface area is 137 Å². The SMILES string of the molecule is CC(C)CCOc1cccc(C(C(=O)NO)c2ccccc2)c1. The van der Waals surface area contributed by atoms with E-state index in [1.165, 1.54) is 0 Å². The first-order valence-electron chi connectivity index (χ1n) is 7.83. The highest BCUT2D eigenvalue weighted by Gasteiger charge is 2.22. The van der Waals surface area contributed by atoms with Gasteiger partial charge in [0.1, 0.15) is 5.75 Å². The molecule has 0 aliphatic rings. The Kier molecular flexibility index (Phi) is 6.18. The van der Waals surface area contributed by atoms with E-state index < -0.39 is 11.8 Å². The molecule has 2 N–H and O–H groups in total. The minimum absolute atomic E-state index is 0.462. The number of hydroxylamine groups is 1. The normalized spacial score (nSPS) is 12.0. The number of carbonyl (C=O) groups is 1. The molecule has 2 aromatic rings. The Hall–Kier alpha value is -2.33. The molecule has 4 heteroatoms. The van der Waals surface area contributed by atoms with Gasteiger partial charge in [-0.05, 0) is 35.6 Å². The number of carbonyl (C=O) groups excluding carboxylic acids is 1. The van der Waals surface area contributed by atoms with Crippen LogP contribution in [-0.4, -0.2) is 17.7 Å². The highest BCUT2D eigenvalue weighted by atomic mass is 16.5. The van der Waals surface area contributed by atoms with Crippen LogP contribution in [0.3, 0.4) is 0 Å². The van der Waals surface area contributed by atoms with Crippen molar-refractivity contribution in [2.75, 3.05) is 6.61 Å². The van der Waals surface area contributed by atoms with Crippen LogP contribution in [0.2, 0.25) is 0 Å². The van der Waals surface area contributed by atoms with E-state index in [1.807, 2.05) is 54.6 Å². The first kappa shape index (κ1) is 17.0. The van der Waals surface area contributed by atoms with E-state index in [-0.39, 0.29) is 0 Å². The molecule has 0 spiro atoms. The first-order chi connectivity index (χ1) is 11.1. The maximum Gasteiger partial charge on any atom is 0.255 e. The van der Waals surface area contributed by atoms with Crippen LogP contribution in [0, 0.1) is 5.92 Å². The second kappa shape index (κ2) is 8.34. The van der Waals surface area contributed by atoms with Crippen LogP contribution < -0.4 is 10.2 Å². The van der Waals surface area contributed by atoms with Crippen LogP contribution in [-0.2, 0) is 4.79 Å². The van der Waals surface area contributed by atoms with E-state index in [1.54, 1.807) is 5.48 Å². The summed E-state index contributed by atoms with van der Waals surface area (Å²) in [5, 5.41) is 9.07. The lowest BCUT2D eigenvalue weighted by atomic mass is 9.90. The molecule has 0 bridgehead atoms.